The Morgan fingerprint density at radius 1 is 1.17 bits per heavy atom. The van der Waals surface area contributed by atoms with E-state index in [1.807, 2.05) is 37.3 Å². The molecule has 0 radical (unpaired) electrons. The molecule has 1 unspecified atom stereocenters. The van der Waals surface area contributed by atoms with Gasteiger partial charge < -0.3 is 14.4 Å². The first-order chi connectivity index (χ1) is 11.0. The van der Waals surface area contributed by atoms with Crippen LogP contribution in [0.4, 0.5) is 5.69 Å². The number of benzene rings is 1. The molecular weight excluding hydrogens is 318 g/mol. The number of amides is 1. The number of hydrogen-bond acceptors (Lipinski definition) is 4. The molecular formula is C16H17NO5S. The predicted molar refractivity (Wildman–Crippen MR) is 86.8 cm³/mol. The fourth-order valence-electron chi connectivity index (χ4n) is 2.11. The third kappa shape index (κ3) is 4.53. The molecule has 0 aliphatic rings. The lowest BCUT2D eigenvalue weighted by molar-refractivity contribution is -0.116. The van der Waals surface area contributed by atoms with Gasteiger partial charge in [-0.1, -0.05) is 18.2 Å². The van der Waals surface area contributed by atoms with Crippen LogP contribution in [0, 0.1) is 0 Å². The smallest absolute Gasteiger partial charge is 0.371 e. The largest absolute Gasteiger partial charge is 0.475 e. The molecule has 6 nitrogen and oxygen atoms in total. The number of nitrogens with zero attached hydrogens (tertiary/aromatic N) is 1. The van der Waals surface area contributed by atoms with Crippen molar-refractivity contribution in [3.8, 4) is 0 Å². The van der Waals surface area contributed by atoms with E-state index >= 15 is 0 Å². The summed E-state index contributed by atoms with van der Waals surface area (Å²) in [6, 6.07) is 11.9. The summed E-state index contributed by atoms with van der Waals surface area (Å²) in [5.41, 5.74) is 0.753. The number of para-hydroxylation sites is 1. The fourth-order valence-corrected chi connectivity index (χ4v) is 3.11. The van der Waals surface area contributed by atoms with Gasteiger partial charge in [0.15, 0.2) is 0 Å². The maximum absolute atomic E-state index is 12.3. The van der Waals surface area contributed by atoms with Crippen molar-refractivity contribution in [1.82, 2.24) is 0 Å². The van der Waals surface area contributed by atoms with Crippen molar-refractivity contribution in [3.05, 3.63) is 54.0 Å². The van der Waals surface area contributed by atoms with E-state index in [9.17, 15) is 13.8 Å². The maximum atomic E-state index is 12.3. The molecule has 0 fully saturated rings. The summed E-state index contributed by atoms with van der Waals surface area (Å²) >= 11 is 0. The molecule has 0 aliphatic carbocycles. The number of rotatable bonds is 7. The third-order valence-corrected chi connectivity index (χ3v) is 4.32. The number of anilines is 1. The van der Waals surface area contributed by atoms with Gasteiger partial charge in [0.2, 0.25) is 11.7 Å². The highest BCUT2D eigenvalue weighted by atomic mass is 32.2. The molecule has 122 valence electrons. The Labute approximate surface area is 136 Å². The van der Waals surface area contributed by atoms with Gasteiger partial charge in [-0.15, -0.1) is 0 Å². The van der Waals surface area contributed by atoms with Gasteiger partial charge in [0.05, 0.1) is 5.75 Å². The van der Waals surface area contributed by atoms with E-state index in [1.54, 1.807) is 4.90 Å². The monoisotopic (exact) mass is 335 g/mol. The molecule has 0 bridgehead atoms. The molecule has 7 heteroatoms. The quantitative estimate of drug-likeness (QED) is 0.838. The average molecular weight is 335 g/mol. The van der Waals surface area contributed by atoms with Crippen LogP contribution in [0.2, 0.25) is 0 Å². The third-order valence-electron chi connectivity index (χ3n) is 3.15. The van der Waals surface area contributed by atoms with Crippen LogP contribution in [0.3, 0.4) is 0 Å². The van der Waals surface area contributed by atoms with Crippen LogP contribution in [0.1, 0.15) is 23.2 Å². The van der Waals surface area contributed by atoms with Crippen molar-refractivity contribution in [3.63, 3.8) is 0 Å². The lowest BCUT2D eigenvalue weighted by Crippen LogP contribution is -2.34. The first kappa shape index (κ1) is 17.0. The lowest BCUT2D eigenvalue weighted by Gasteiger charge is -2.20. The standard InChI is InChI=1S/C16H17NO5S/c1-2-17(12-6-4-3-5-7-12)15(18)11-23(21)10-13-8-9-14(22-13)16(19)20/h3-9H,2,10-11H2,1H3,(H,19,20). The lowest BCUT2D eigenvalue weighted by atomic mass is 10.3. The van der Waals surface area contributed by atoms with E-state index in [4.69, 9.17) is 9.52 Å². The number of aromatic carboxylic acids is 1. The minimum absolute atomic E-state index is 0.00532. The molecule has 0 spiro atoms. The van der Waals surface area contributed by atoms with Crippen molar-refractivity contribution in [2.24, 2.45) is 0 Å². The molecule has 0 saturated carbocycles. The van der Waals surface area contributed by atoms with Crippen LogP contribution in [-0.2, 0) is 21.3 Å². The van der Waals surface area contributed by atoms with Crippen molar-refractivity contribution in [1.29, 1.82) is 0 Å². The Balaban J connectivity index is 1.98. The van der Waals surface area contributed by atoms with Crippen molar-refractivity contribution in [2.45, 2.75) is 12.7 Å². The molecule has 23 heavy (non-hydrogen) atoms. The Hall–Kier alpha value is -2.41. The zero-order valence-corrected chi connectivity index (χ0v) is 13.4. The van der Waals surface area contributed by atoms with E-state index in [1.165, 1.54) is 12.1 Å². The topological polar surface area (TPSA) is 87.8 Å². The summed E-state index contributed by atoms with van der Waals surface area (Å²) in [5.74, 6) is -1.49. The minimum atomic E-state index is -1.47. The average Bonchev–Trinajstić information content (AvgIpc) is 2.97. The van der Waals surface area contributed by atoms with Gasteiger partial charge in [-0.2, -0.15) is 0 Å². The Kier molecular flexibility index (Phi) is 5.70. The highest BCUT2D eigenvalue weighted by Gasteiger charge is 2.18. The highest BCUT2D eigenvalue weighted by Crippen LogP contribution is 2.15. The van der Waals surface area contributed by atoms with E-state index in [-0.39, 0.29) is 28.9 Å². The van der Waals surface area contributed by atoms with E-state index in [0.717, 1.165) is 5.69 Å². The molecule has 0 aliphatic heterocycles. The minimum Gasteiger partial charge on any atom is -0.475 e. The van der Waals surface area contributed by atoms with Crippen LogP contribution in [0.15, 0.2) is 46.9 Å². The molecule has 2 rings (SSSR count). The summed E-state index contributed by atoms with van der Waals surface area (Å²) in [7, 11) is -1.47. The second kappa shape index (κ2) is 7.73. The molecule has 1 aromatic carbocycles. The van der Waals surface area contributed by atoms with Gasteiger partial charge in [-0.3, -0.25) is 9.00 Å². The first-order valence-electron chi connectivity index (χ1n) is 7.03. The summed E-state index contributed by atoms with van der Waals surface area (Å²) in [6.45, 7) is 2.32. The Bertz CT molecular complexity index is 710. The molecule has 0 saturated heterocycles. The fraction of sp³-hybridized carbons (Fsp3) is 0.250. The van der Waals surface area contributed by atoms with Gasteiger partial charge in [-0.25, -0.2) is 4.79 Å². The summed E-state index contributed by atoms with van der Waals surface area (Å²) in [4.78, 5) is 24.6. The van der Waals surface area contributed by atoms with E-state index in [2.05, 4.69) is 0 Å². The van der Waals surface area contributed by atoms with Crippen LogP contribution < -0.4 is 4.90 Å². The predicted octanol–water partition coefficient (Wildman–Crippen LogP) is 2.28. The number of furan rings is 1. The van der Waals surface area contributed by atoms with Gasteiger partial charge in [0.25, 0.3) is 0 Å². The van der Waals surface area contributed by atoms with Gasteiger partial charge in [0.1, 0.15) is 11.5 Å². The number of carbonyl (C=O) groups is 2. The molecule has 2 aromatic rings. The second-order valence-electron chi connectivity index (χ2n) is 4.77. The highest BCUT2D eigenvalue weighted by molar-refractivity contribution is 7.84. The van der Waals surface area contributed by atoms with Gasteiger partial charge in [-0.05, 0) is 31.2 Å². The van der Waals surface area contributed by atoms with Gasteiger partial charge >= 0.3 is 5.97 Å². The molecule has 1 amide bonds. The van der Waals surface area contributed by atoms with Crippen LogP contribution in [0.5, 0.6) is 0 Å². The normalized spacial score (nSPS) is 11.9. The number of carbonyl (C=O) groups excluding carboxylic acids is 1. The number of hydrogen-bond donors (Lipinski definition) is 1. The Morgan fingerprint density at radius 2 is 1.87 bits per heavy atom. The second-order valence-corrected chi connectivity index (χ2v) is 6.23. The van der Waals surface area contributed by atoms with Gasteiger partial charge in [0, 0.05) is 23.0 Å². The SMILES string of the molecule is CCN(C(=O)CS(=O)Cc1ccc(C(=O)O)o1)c1ccccc1. The van der Waals surface area contributed by atoms with Crippen molar-refractivity contribution < 1.29 is 23.3 Å². The Morgan fingerprint density at radius 3 is 2.43 bits per heavy atom. The summed E-state index contributed by atoms with van der Waals surface area (Å²) < 4.78 is 17.2. The van der Waals surface area contributed by atoms with Crippen LogP contribution >= 0.6 is 0 Å². The van der Waals surface area contributed by atoms with Crippen LogP contribution in [-0.4, -0.2) is 33.5 Å². The molecule has 1 atom stereocenters. The summed E-state index contributed by atoms with van der Waals surface area (Å²) in [6.07, 6.45) is 0. The van der Waals surface area contributed by atoms with E-state index < -0.39 is 16.8 Å². The number of carboxylic acid groups (broad SMARTS) is 1. The van der Waals surface area contributed by atoms with Crippen molar-refractivity contribution in [2.75, 3.05) is 17.2 Å². The molecule has 1 N–H and O–H groups in total. The maximum Gasteiger partial charge on any atom is 0.371 e. The summed E-state index contributed by atoms with van der Waals surface area (Å²) in [5, 5.41) is 8.78. The van der Waals surface area contributed by atoms with E-state index in [0.29, 0.717) is 6.54 Å². The zero-order chi connectivity index (χ0) is 16.8. The van der Waals surface area contributed by atoms with Crippen LogP contribution in [0.25, 0.3) is 0 Å². The molecule has 1 heterocycles. The number of carboxylic acids is 1. The zero-order valence-electron chi connectivity index (χ0n) is 12.6. The first-order valence-corrected chi connectivity index (χ1v) is 8.52. The molecule has 1 aromatic heterocycles. The van der Waals surface area contributed by atoms with Crippen molar-refractivity contribution >= 4 is 28.4 Å².